The predicted molar refractivity (Wildman–Crippen MR) is 133 cm³/mol. The molecule has 8 heteroatoms. The van der Waals surface area contributed by atoms with Gasteiger partial charge in [0.15, 0.2) is 0 Å². The van der Waals surface area contributed by atoms with Crippen LogP contribution in [-0.4, -0.2) is 28.5 Å². The molecule has 6 nitrogen and oxygen atoms in total. The van der Waals surface area contributed by atoms with Crippen LogP contribution < -0.4 is 10.1 Å². The van der Waals surface area contributed by atoms with Crippen molar-refractivity contribution in [2.45, 2.75) is 6.61 Å². The number of ether oxygens (including phenoxy) is 1. The van der Waals surface area contributed by atoms with Gasteiger partial charge in [0.2, 0.25) is 5.91 Å². The minimum atomic E-state index is -0.483. The zero-order chi connectivity index (χ0) is 23.2. The standard InChI is InChI=1S/C25H19BrN2O4S/c26-19-10-6-18(7-11-19)16-32-21-12-8-17(9-13-21)14-22-24(30)28(25(31)33-22)15-23(29)27-20-4-2-1-3-5-20/h1-14H,15-16H2,(H,27,29)/b22-14-. The van der Waals surface area contributed by atoms with Gasteiger partial charge in [-0.3, -0.25) is 19.3 Å². The second-order valence-electron chi connectivity index (χ2n) is 7.17. The number of nitrogens with zero attached hydrogens (tertiary/aromatic N) is 1. The van der Waals surface area contributed by atoms with Gasteiger partial charge in [-0.05, 0) is 65.4 Å². The Bertz CT molecular complexity index is 1200. The van der Waals surface area contributed by atoms with Crippen LogP contribution in [0.15, 0.2) is 88.2 Å². The molecule has 1 saturated heterocycles. The normalized spacial score (nSPS) is 14.6. The summed E-state index contributed by atoms with van der Waals surface area (Å²) in [5, 5.41) is 2.21. The summed E-state index contributed by atoms with van der Waals surface area (Å²) in [6.07, 6.45) is 1.64. The predicted octanol–water partition coefficient (Wildman–Crippen LogP) is 5.70. The van der Waals surface area contributed by atoms with E-state index in [0.29, 0.717) is 18.0 Å². The van der Waals surface area contributed by atoms with E-state index >= 15 is 0 Å². The van der Waals surface area contributed by atoms with E-state index in [4.69, 9.17) is 4.74 Å². The first-order valence-electron chi connectivity index (χ1n) is 10.1. The zero-order valence-corrected chi connectivity index (χ0v) is 19.8. The number of amides is 3. The van der Waals surface area contributed by atoms with Crippen molar-refractivity contribution in [2.75, 3.05) is 11.9 Å². The average Bonchev–Trinajstić information content (AvgIpc) is 3.07. The van der Waals surface area contributed by atoms with E-state index in [0.717, 1.165) is 32.3 Å². The molecule has 1 fully saturated rings. The monoisotopic (exact) mass is 522 g/mol. The van der Waals surface area contributed by atoms with Gasteiger partial charge < -0.3 is 10.1 Å². The Morgan fingerprint density at radius 1 is 0.970 bits per heavy atom. The topological polar surface area (TPSA) is 75.7 Å². The van der Waals surface area contributed by atoms with E-state index in [1.165, 1.54) is 0 Å². The number of halogens is 1. The lowest BCUT2D eigenvalue weighted by atomic mass is 10.2. The van der Waals surface area contributed by atoms with Crippen LogP contribution in [0, 0.1) is 0 Å². The smallest absolute Gasteiger partial charge is 0.294 e. The fourth-order valence-electron chi connectivity index (χ4n) is 3.06. The number of hydrogen-bond acceptors (Lipinski definition) is 5. The lowest BCUT2D eigenvalue weighted by Gasteiger charge is -2.12. The van der Waals surface area contributed by atoms with Gasteiger partial charge in [0, 0.05) is 10.2 Å². The van der Waals surface area contributed by atoms with Crippen molar-refractivity contribution in [3.63, 3.8) is 0 Å². The fourth-order valence-corrected chi connectivity index (χ4v) is 4.16. The summed E-state index contributed by atoms with van der Waals surface area (Å²) in [6, 6.07) is 24.0. The first kappa shape index (κ1) is 22.8. The molecule has 3 amide bonds. The summed E-state index contributed by atoms with van der Waals surface area (Å²) in [4.78, 5) is 38.4. The van der Waals surface area contributed by atoms with Gasteiger partial charge in [0.25, 0.3) is 11.1 Å². The molecular formula is C25H19BrN2O4S. The molecule has 0 saturated carbocycles. The van der Waals surface area contributed by atoms with Crippen molar-refractivity contribution >= 4 is 56.5 Å². The lowest BCUT2D eigenvalue weighted by molar-refractivity contribution is -0.127. The molecule has 4 rings (SSSR count). The van der Waals surface area contributed by atoms with Crippen LogP contribution >= 0.6 is 27.7 Å². The Balaban J connectivity index is 1.35. The van der Waals surface area contributed by atoms with Crippen molar-refractivity contribution in [1.82, 2.24) is 4.90 Å². The Morgan fingerprint density at radius 2 is 1.67 bits per heavy atom. The highest BCUT2D eigenvalue weighted by atomic mass is 79.9. The number of imide groups is 1. The third kappa shape index (κ3) is 6.12. The molecule has 0 atom stereocenters. The first-order chi connectivity index (χ1) is 16.0. The number of carbonyl (C=O) groups is 3. The SMILES string of the molecule is O=C(CN1C(=O)S/C(=C\c2ccc(OCc3ccc(Br)cc3)cc2)C1=O)Nc1ccccc1. The molecule has 166 valence electrons. The molecule has 0 unspecified atom stereocenters. The molecule has 0 bridgehead atoms. The summed E-state index contributed by atoms with van der Waals surface area (Å²) < 4.78 is 6.80. The van der Waals surface area contributed by atoms with Gasteiger partial charge in [-0.15, -0.1) is 0 Å². The molecule has 3 aromatic rings. The van der Waals surface area contributed by atoms with Crippen LogP contribution in [0.4, 0.5) is 10.5 Å². The Kier molecular flexibility index (Phi) is 7.26. The highest BCUT2D eigenvalue weighted by molar-refractivity contribution is 9.10. The van der Waals surface area contributed by atoms with Crippen LogP contribution in [0.1, 0.15) is 11.1 Å². The van der Waals surface area contributed by atoms with E-state index in [1.54, 1.807) is 30.3 Å². The molecule has 33 heavy (non-hydrogen) atoms. The van der Waals surface area contributed by atoms with Gasteiger partial charge >= 0.3 is 0 Å². The van der Waals surface area contributed by atoms with Crippen LogP contribution in [0.25, 0.3) is 6.08 Å². The minimum Gasteiger partial charge on any atom is -0.489 e. The highest BCUT2D eigenvalue weighted by Crippen LogP contribution is 2.32. The highest BCUT2D eigenvalue weighted by Gasteiger charge is 2.36. The third-order valence-electron chi connectivity index (χ3n) is 4.73. The number of benzene rings is 3. The lowest BCUT2D eigenvalue weighted by Crippen LogP contribution is -2.36. The summed E-state index contributed by atoms with van der Waals surface area (Å²) in [5.41, 5.74) is 2.41. The Morgan fingerprint density at radius 3 is 2.36 bits per heavy atom. The summed E-state index contributed by atoms with van der Waals surface area (Å²) in [5.74, 6) is -0.221. The average molecular weight is 523 g/mol. The third-order valence-corrected chi connectivity index (χ3v) is 6.17. The summed E-state index contributed by atoms with van der Waals surface area (Å²) >= 11 is 4.23. The van der Waals surface area contributed by atoms with Crippen LogP contribution in [-0.2, 0) is 16.2 Å². The van der Waals surface area contributed by atoms with Gasteiger partial charge in [-0.25, -0.2) is 0 Å². The number of nitrogens with one attached hydrogen (secondary N) is 1. The van der Waals surface area contributed by atoms with Gasteiger partial charge in [0.1, 0.15) is 18.9 Å². The van der Waals surface area contributed by atoms with Gasteiger partial charge in [0.05, 0.1) is 4.91 Å². The number of rotatable bonds is 7. The van der Waals surface area contributed by atoms with Crippen molar-refractivity contribution in [3.05, 3.63) is 99.4 Å². The number of anilines is 1. The van der Waals surface area contributed by atoms with Crippen LogP contribution in [0.2, 0.25) is 0 Å². The maximum absolute atomic E-state index is 12.7. The van der Waals surface area contributed by atoms with E-state index in [2.05, 4.69) is 21.2 Å². The van der Waals surface area contributed by atoms with Gasteiger partial charge in [-0.1, -0.05) is 58.4 Å². The second-order valence-corrected chi connectivity index (χ2v) is 9.08. The number of thioether (sulfide) groups is 1. The van der Waals surface area contributed by atoms with Crippen molar-refractivity contribution in [1.29, 1.82) is 0 Å². The van der Waals surface area contributed by atoms with E-state index < -0.39 is 17.1 Å². The molecule has 0 aliphatic carbocycles. The van der Waals surface area contributed by atoms with Crippen molar-refractivity contribution < 1.29 is 19.1 Å². The largest absolute Gasteiger partial charge is 0.489 e. The molecule has 1 aliphatic heterocycles. The molecule has 0 radical (unpaired) electrons. The second kappa shape index (κ2) is 10.5. The van der Waals surface area contributed by atoms with Gasteiger partial charge in [-0.2, -0.15) is 0 Å². The van der Waals surface area contributed by atoms with E-state index in [9.17, 15) is 14.4 Å². The minimum absolute atomic E-state index is 0.274. The van der Waals surface area contributed by atoms with Crippen molar-refractivity contribution in [2.24, 2.45) is 0 Å². The zero-order valence-electron chi connectivity index (χ0n) is 17.4. The van der Waals surface area contributed by atoms with E-state index in [1.807, 2.05) is 54.6 Å². The number of para-hydroxylation sites is 1. The molecule has 0 aromatic heterocycles. The molecule has 1 aliphatic rings. The Hall–Kier alpha value is -3.36. The fraction of sp³-hybridized carbons (Fsp3) is 0.0800. The molecule has 3 aromatic carbocycles. The molecular weight excluding hydrogens is 504 g/mol. The quantitative estimate of drug-likeness (QED) is 0.402. The maximum Gasteiger partial charge on any atom is 0.294 e. The molecule has 1 heterocycles. The molecule has 0 spiro atoms. The summed E-state index contributed by atoms with van der Waals surface area (Å²) in [7, 11) is 0. The number of carbonyl (C=O) groups excluding carboxylic acids is 3. The first-order valence-corrected chi connectivity index (χ1v) is 11.7. The van der Waals surface area contributed by atoms with E-state index in [-0.39, 0.29) is 11.4 Å². The van der Waals surface area contributed by atoms with Crippen LogP contribution in [0.5, 0.6) is 5.75 Å². The Labute approximate surface area is 203 Å². The summed E-state index contributed by atoms with van der Waals surface area (Å²) in [6.45, 7) is 0.107. The van der Waals surface area contributed by atoms with Crippen molar-refractivity contribution in [3.8, 4) is 5.75 Å². The van der Waals surface area contributed by atoms with Crippen LogP contribution in [0.3, 0.4) is 0 Å². The number of hydrogen-bond donors (Lipinski definition) is 1. The maximum atomic E-state index is 12.7. The molecule has 1 N–H and O–H groups in total.